The van der Waals surface area contributed by atoms with Gasteiger partial charge < -0.3 is 25.2 Å². The van der Waals surface area contributed by atoms with Crippen LogP contribution in [0.15, 0.2) is 29.3 Å². The number of ether oxygens (including phenoxy) is 1. The molecule has 0 saturated carbocycles. The first kappa shape index (κ1) is 23.1. The Balaban J connectivity index is 0.00000280. The minimum absolute atomic E-state index is 0. The van der Waals surface area contributed by atoms with Gasteiger partial charge >= 0.3 is 0 Å². The highest BCUT2D eigenvalue weighted by molar-refractivity contribution is 14.0. The number of methoxy groups -OCH3 is 1. The highest BCUT2D eigenvalue weighted by atomic mass is 127. The lowest BCUT2D eigenvalue weighted by molar-refractivity contribution is 0.195. The maximum Gasteiger partial charge on any atom is 0.191 e. The van der Waals surface area contributed by atoms with Crippen LogP contribution < -0.4 is 20.3 Å². The zero-order valence-corrected chi connectivity index (χ0v) is 19.8. The number of nitrogens with one attached hydrogen (secondary N) is 2. The van der Waals surface area contributed by atoms with Crippen LogP contribution in [0.25, 0.3) is 0 Å². The van der Waals surface area contributed by atoms with E-state index in [1.54, 1.807) is 7.11 Å². The molecule has 0 aromatic heterocycles. The molecule has 0 amide bonds. The standard InChI is InChI=1S/C21H35N5O.HI/c1-17-8-12-25(13-9-17)15-11-23-21(22-2)24-18-10-14-26(16-18)19-6-4-5-7-20(19)27-3;/h4-7,17-18H,8-16H2,1-3H3,(H2,22,23,24);1H. The van der Waals surface area contributed by atoms with Crippen molar-refractivity contribution in [3.05, 3.63) is 24.3 Å². The number of hydrogen-bond donors (Lipinski definition) is 2. The predicted molar refractivity (Wildman–Crippen MR) is 128 cm³/mol. The van der Waals surface area contributed by atoms with Crippen molar-refractivity contribution >= 4 is 35.6 Å². The Kier molecular flexibility index (Phi) is 9.64. The van der Waals surface area contributed by atoms with Crippen molar-refractivity contribution in [2.75, 3.05) is 58.3 Å². The van der Waals surface area contributed by atoms with E-state index in [2.05, 4.69) is 44.5 Å². The first-order valence-corrected chi connectivity index (χ1v) is 10.3. The molecule has 2 N–H and O–H groups in total. The molecule has 1 atom stereocenters. The zero-order valence-electron chi connectivity index (χ0n) is 17.5. The number of rotatable bonds is 6. The molecule has 158 valence electrons. The van der Waals surface area contributed by atoms with Gasteiger partial charge in [-0.05, 0) is 50.4 Å². The molecule has 2 heterocycles. The lowest BCUT2D eigenvalue weighted by Crippen LogP contribution is -2.47. The molecule has 0 radical (unpaired) electrons. The summed E-state index contributed by atoms with van der Waals surface area (Å²) in [5.41, 5.74) is 1.17. The van der Waals surface area contributed by atoms with Crippen molar-refractivity contribution in [3.63, 3.8) is 0 Å². The van der Waals surface area contributed by atoms with E-state index in [-0.39, 0.29) is 24.0 Å². The smallest absolute Gasteiger partial charge is 0.191 e. The lowest BCUT2D eigenvalue weighted by atomic mass is 9.99. The summed E-state index contributed by atoms with van der Waals surface area (Å²) in [5, 5.41) is 7.07. The minimum atomic E-state index is 0. The van der Waals surface area contributed by atoms with E-state index in [1.807, 2.05) is 19.2 Å². The second-order valence-corrected chi connectivity index (χ2v) is 7.77. The monoisotopic (exact) mass is 501 g/mol. The third-order valence-corrected chi connectivity index (χ3v) is 5.78. The normalized spacial score (nSPS) is 21.3. The van der Waals surface area contributed by atoms with Crippen molar-refractivity contribution < 1.29 is 4.74 Å². The molecular weight excluding hydrogens is 465 g/mol. The number of likely N-dealkylation sites (tertiary alicyclic amines) is 1. The van der Waals surface area contributed by atoms with Crippen LogP contribution in [0, 0.1) is 5.92 Å². The molecule has 2 aliphatic heterocycles. The first-order chi connectivity index (χ1) is 13.2. The number of nitrogens with zero attached hydrogens (tertiary/aromatic N) is 3. The topological polar surface area (TPSA) is 52.1 Å². The number of benzene rings is 1. The Bertz CT molecular complexity index is 619. The number of para-hydroxylation sites is 2. The van der Waals surface area contributed by atoms with E-state index in [1.165, 1.54) is 31.6 Å². The molecular formula is C21H36IN5O. The number of halogens is 1. The molecule has 28 heavy (non-hydrogen) atoms. The van der Waals surface area contributed by atoms with E-state index in [9.17, 15) is 0 Å². The summed E-state index contributed by atoms with van der Waals surface area (Å²) in [6.45, 7) is 8.84. The number of guanidine groups is 1. The minimum Gasteiger partial charge on any atom is -0.495 e. The van der Waals surface area contributed by atoms with Crippen molar-refractivity contribution in [2.24, 2.45) is 10.9 Å². The van der Waals surface area contributed by atoms with Crippen LogP contribution in [-0.2, 0) is 0 Å². The Morgan fingerprint density at radius 2 is 1.93 bits per heavy atom. The van der Waals surface area contributed by atoms with Crippen LogP contribution in [-0.4, -0.2) is 70.3 Å². The van der Waals surface area contributed by atoms with Crippen LogP contribution in [0.4, 0.5) is 5.69 Å². The van der Waals surface area contributed by atoms with Crippen LogP contribution in [0.2, 0.25) is 0 Å². The van der Waals surface area contributed by atoms with Gasteiger partial charge in [0, 0.05) is 39.3 Å². The largest absolute Gasteiger partial charge is 0.495 e. The Morgan fingerprint density at radius 1 is 1.18 bits per heavy atom. The van der Waals surface area contributed by atoms with E-state index in [0.717, 1.165) is 50.2 Å². The molecule has 6 nitrogen and oxygen atoms in total. The molecule has 7 heteroatoms. The summed E-state index contributed by atoms with van der Waals surface area (Å²) in [4.78, 5) is 9.35. The number of piperidine rings is 1. The Hall–Kier alpha value is -1.22. The summed E-state index contributed by atoms with van der Waals surface area (Å²) in [6, 6.07) is 8.65. The van der Waals surface area contributed by atoms with E-state index in [4.69, 9.17) is 4.74 Å². The van der Waals surface area contributed by atoms with Gasteiger partial charge in [-0.25, -0.2) is 0 Å². The number of hydrogen-bond acceptors (Lipinski definition) is 4. The van der Waals surface area contributed by atoms with Gasteiger partial charge in [0.15, 0.2) is 5.96 Å². The van der Waals surface area contributed by atoms with Gasteiger partial charge in [0.25, 0.3) is 0 Å². The van der Waals surface area contributed by atoms with Gasteiger partial charge in [-0.3, -0.25) is 4.99 Å². The molecule has 1 unspecified atom stereocenters. The van der Waals surface area contributed by atoms with Gasteiger partial charge in [-0.15, -0.1) is 24.0 Å². The summed E-state index contributed by atoms with van der Waals surface area (Å²) in [5.74, 6) is 2.74. The van der Waals surface area contributed by atoms with Crippen LogP contribution in [0.5, 0.6) is 5.75 Å². The summed E-state index contributed by atoms with van der Waals surface area (Å²) >= 11 is 0. The Morgan fingerprint density at radius 3 is 2.64 bits per heavy atom. The van der Waals surface area contributed by atoms with Crippen molar-refractivity contribution in [3.8, 4) is 5.75 Å². The maximum absolute atomic E-state index is 5.51. The van der Waals surface area contributed by atoms with Gasteiger partial charge in [0.05, 0.1) is 12.8 Å². The summed E-state index contributed by atoms with van der Waals surface area (Å²) in [7, 11) is 3.59. The highest BCUT2D eigenvalue weighted by Crippen LogP contribution is 2.30. The molecule has 0 spiro atoms. The summed E-state index contributed by atoms with van der Waals surface area (Å²) in [6.07, 6.45) is 3.75. The molecule has 0 aliphatic carbocycles. The van der Waals surface area contributed by atoms with Crippen molar-refractivity contribution in [2.45, 2.75) is 32.2 Å². The molecule has 2 aliphatic rings. The van der Waals surface area contributed by atoms with Gasteiger partial charge in [0.1, 0.15) is 5.75 Å². The van der Waals surface area contributed by atoms with E-state index < -0.39 is 0 Å². The average Bonchev–Trinajstić information content (AvgIpc) is 3.17. The second-order valence-electron chi connectivity index (χ2n) is 7.77. The second kappa shape index (κ2) is 11.7. The fraction of sp³-hybridized carbons (Fsp3) is 0.667. The third kappa shape index (κ3) is 6.40. The van der Waals surface area contributed by atoms with Gasteiger partial charge in [0.2, 0.25) is 0 Å². The average molecular weight is 501 g/mol. The molecule has 1 aromatic carbocycles. The quantitative estimate of drug-likeness (QED) is 0.357. The molecule has 3 rings (SSSR count). The number of anilines is 1. The van der Waals surface area contributed by atoms with Crippen LogP contribution in [0.1, 0.15) is 26.2 Å². The zero-order chi connectivity index (χ0) is 19.1. The predicted octanol–water partition coefficient (Wildman–Crippen LogP) is 2.79. The van der Waals surface area contributed by atoms with Gasteiger partial charge in [-0.2, -0.15) is 0 Å². The Labute approximate surface area is 187 Å². The van der Waals surface area contributed by atoms with Crippen LogP contribution in [0.3, 0.4) is 0 Å². The highest BCUT2D eigenvalue weighted by Gasteiger charge is 2.25. The lowest BCUT2D eigenvalue weighted by Gasteiger charge is -2.30. The van der Waals surface area contributed by atoms with E-state index >= 15 is 0 Å². The first-order valence-electron chi connectivity index (χ1n) is 10.3. The maximum atomic E-state index is 5.51. The molecule has 2 fully saturated rings. The molecule has 0 bridgehead atoms. The molecule has 2 saturated heterocycles. The van der Waals surface area contributed by atoms with Crippen molar-refractivity contribution in [1.29, 1.82) is 0 Å². The fourth-order valence-electron chi connectivity index (χ4n) is 3.99. The van der Waals surface area contributed by atoms with Crippen molar-refractivity contribution in [1.82, 2.24) is 15.5 Å². The van der Waals surface area contributed by atoms with E-state index in [0.29, 0.717) is 6.04 Å². The number of aliphatic imine (C=N–C) groups is 1. The summed E-state index contributed by atoms with van der Waals surface area (Å²) < 4.78 is 5.51. The SMILES string of the molecule is CN=C(NCCN1CCC(C)CC1)NC1CCN(c2ccccc2OC)C1.I. The van der Waals surface area contributed by atoms with Crippen LogP contribution >= 0.6 is 24.0 Å². The fourth-order valence-corrected chi connectivity index (χ4v) is 3.99. The molecule has 1 aromatic rings. The third-order valence-electron chi connectivity index (χ3n) is 5.78. The van der Waals surface area contributed by atoms with Gasteiger partial charge in [-0.1, -0.05) is 19.1 Å².